The van der Waals surface area contributed by atoms with E-state index >= 15 is 0 Å². The number of thiazole rings is 1. The predicted molar refractivity (Wildman–Crippen MR) is 90.1 cm³/mol. The molecule has 1 aromatic heterocycles. The molecule has 1 saturated heterocycles. The maximum Gasteiger partial charge on any atom is 0.107 e. The number of hydrogen-bond donors (Lipinski definition) is 1. The van der Waals surface area contributed by atoms with Gasteiger partial charge in [0.1, 0.15) is 5.01 Å². The Morgan fingerprint density at radius 1 is 1.14 bits per heavy atom. The second-order valence-electron chi connectivity index (χ2n) is 5.71. The van der Waals surface area contributed by atoms with Gasteiger partial charge in [-0.05, 0) is 43.9 Å². The summed E-state index contributed by atoms with van der Waals surface area (Å²) >= 11 is 1.74. The third kappa shape index (κ3) is 3.44. The van der Waals surface area contributed by atoms with Crippen molar-refractivity contribution in [2.75, 3.05) is 18.0 Å². The molecule has 0 amide bonds. The van der Waals surface area contributed by atoms with Crippen molar-refractivity contribution in [2.45, 2.75) is 39.2 Å². The average Bonchev–Trinajstić information content (AvgIpc) is 2.89. The van der Waals surface area contributed by atoms with Gasteiger partial charge in [0.2, 0.25) is 0 Å². The van der Waals surface area contributed by atoms with Crippen LogP contribution < -0.4 is 10.6 Å². The van der Waals surface area contributed by atoms with Gasteiger partial charge < -0.3 is 10.6 Å². The summed E-state index contributed by atoms with van der Waals surface area (Å²) in [5.74, 6) is 0. The van der Waals surface area contributed by atoms with Crippen molar-refractivity contribution in [3.63, 3.8) is 0 Å². The Kier molecular flexibility index (Phi) is 4.56. The maximum atomic E-state index is 5.67. The van der Waals surface area contributed by atoms with E-state index in [0.717, 1.165) is 17.1 Å². The Hall–Kier alpha value is -1.39. The first-order valence-electron chi connectivity index (χ1n) is 7.75. The van der Waals surface area contributed by atoms with E-state index in [9.17, 15) is 0 Å². The molecule has 1 aliphatic rings. The van der Waals surface area contributed by atoms with Crippen LogP contribution in [-0.4, -0.2) is 18.1 Å². The molecule has 0 bridgehead atoms. The molecule has 0 radical (unpaired) electrons. The highest BCUT2D eigenvalue weighted by Gasteiger charge is 2.11. The summed E-state index contributed by atoms with van der Waals surface area (Å²) in [6.07, 6.45) is 4.99. The molecular weight excluding hydrogens is 278 g/mol. The zero-order valence-corrected chi connectivity index (χ0v) is 13.5. The van der Waals surface area contributed by atoms with Gasteiger partial charge in [0, 0.05) is 36.6 Å². The molecule has 0 spiro atoms. The number of rotatable bonds is 4. The van der Waals surface area contributed by atoms with Gasteiger partial charge in [-0.2, -0.15) is 0 Å². The van der Waals surface area contributed by atoms with E-state index in [4.69, 9.17) is 5.73 Å². The summed E-state index contributed by atoms with van der Waals surface area (Å²) in [5, 5.41) is 1.03. The van der Waals surface area contributed by atoms with Gasteiger partial charge in [0.15, 0.2) is 0 Å². The Morgan fingerprint density at radius 3 is 2.48 bits per heavy atom. The van der Waals surface area contributed by atoms with Gasteiger partial charge in [0.05, 0.1) is 5.69 Å². The van der Waals surface area contributed by atoms with Gasteiger partial charge in [-0.1, -0.05) is 12.1 Å². The van der Waals surface area contributed by atoms with E-state index in [0.29, 0.717) is 6.54 Å². The van der Waals surface area contributed by atoms with Crippen molar-refractivity contribution in [1.82, 2.24) is 4.98 Å². The van der Waals surface area contributed by atoms with E-state index < -0.39 is 0 Å². The van der Waals surface area contributed by atoms with Gasteiger partial charge >= 0.3 is 0 Å². The molecule has 2 heterocycles. The Labute approximate surface area is 130 Å². The highest BCUT2D eigenvalue weighted by atomic mass is 32.1. The van der Waals surface area contributed by atoms with Crippen LogP contribution in [0.3, 0.4) is 0 Å². The second-order valence-corrected chi connectivity index (χ2v) is 6.88. The number of anilines is 1. The zero-order chi connectivity index (χ0) is 14.7. The third-order valence-electron chi connectivity index (χ3n) is 4.13. The molecule has 2 N–H and O–H groups in total. The normalized spacial score (nSPS) is 15.4. The minimum atomic E-state index is 0.541. The highest BCUT2D eigenvalue weighted by Crippen LogP contribution is 2.24. The first-order chi connectivity index (χ1) is 10.3. The van der Waals surface area contributed by atoms with Crippen molar-refractivity contribution in [3.05, 3.63) is 45.4 Å². The van der Waals surface area contributed by atoms with Crippen LogP contribution in [0.2, 0.25) is 0 Å². The molecule has 0 saturated carbocycles. The van der Waals surface area contributed by atoms with Gasteiger partial charge in [-0.15, -0.1) is 11.3 Å². The van der Waals surface area contributed by atoms with Crippen molar-refractivity contribution in [3.8, 4) is 0 Å². The van der Waals surface area contributed by atoms with Crippen molar-refractivity contribution < 1.29 is 0 Å². The van der Waals surface area contributed by atoms with E-state index in [1.54, 1.807) is 11.3 Å². The molecule has 2 aromatic rings. The van der Waals surface area contributed by atoms with Crippen LogP contribution >= 0.6 is 11.3 Å². The number of aryl methyl sites for hydroxylation is 1. The quantitative estimate of drug-likeness (QED) is 0.940. The average molecular weight is 301 g/mol. The number of hydrogen-bond acceptors (Lipinski definition) is 4. The molecular formula is C17H23N3S. The molecule has 0 atom stereocenters. The lowest BCUT2D eigenvalue weighted by Crippen LogP contribution is -2.29. The molecule has 3 nitrogen and oxygen atoms in total. The molecule has 21 heavy (non-hydrogen) atoms. The lowest BCUT2D eigenvalue weighted by atomic mass is 10.1. The van der Waals surface area contributed by atoms with E-state index in [1.165, 1.54) is 48.5 Å². The number of nitrogens with two attached hydrogens (primary N) is 1. The van der Waals surface area contributed by atoms with E-state index in [2.05, 4.69) is 41.1 Å². The lowest BCUT2D eigenvalue weighted by Gasteiger charge is -2.28. The Morgan fingerprint density at radius 2 is 1.86 bits per heavy atom. The predicted octanol–water partition coefficient (Wildman–Crippen LogP) is 3.49. The van der Waals surface area contributed by atoms with Crippen molar-refractivity contribution in [1.29, 1.82) is 0 Å². The fourth-order valence-electron chi connectivity index (χ4n) is 2.90. The minimum Gasteiger partial charge on any atom is -0.372 e. The van der Waals surface area contributed by atoms with Crippen LogP contribution in [-0.2, 0) is 13.0 Å². The summed E-state index contributed by atoms with van der Waals surface area (Å²) in [4.78, 5) is 8.33. The maximum absolute atomic E-state index is 5.67. The minimum absolute atomic E-state index is 0.541. The smallest absolute Gasteiger partial charge is 0.107 e. The van der Waals surface area contributed by atoms with Gasteiger partial charge in [-0.3, -0.25) is 0 Å². The van der Waals surface area contributed by atoms with Gasteiger partial charge in [0.25, 0.3) is 0 Å². The fraction of sp³-hybridized carbons (Fsp3) is 0.471. The largest absolute Gasteiger partial charge is 0.372 e. The van der Waals surface area contributed by atoms with Crippen LogP contribution in [0.4, 0.5) is 5.69 Å². The topological polar surface area (TPSA) is 42.1 Å². The summed E-state index contributed by atoms with van der Waals surface area (Å²) in [5.41, 5.74) is 9.51. The molecule has 112 valence electrons. The zero-order valence-electron chi connectivity index (χ0n) is 12.6. The first-order valence-corrected chi connectivity index (χ1v) is 8.57. The number of benzene rings is 1. The SMILES string of the molecule is Cc1nc(CN)sc1Cc1ccc(N2CCCCC2)cc1. The van der Waals surface area contributed by atoms with Crippen molar-refractivity contribution >= 4 is 17.0 Å². The van der Waals surface area contributed by atoms with Crippen molar-refractivity contribution in [2.24, 2.45) is 5.73 Å². The summed E-state index contributed by atoms with van der Waals surface area (Å²) in [6.45, 7) is 5.02. The monoisotopic (exact) mass is 301 g/mol. The molecule has 0 unspecified atom stereocenters. The number of nitrogens with zero attached hydrogens (tertiary/aromatic N) is 2. The molecule has 4 heteroatoms. The van der Waals surface area contributed by atoms with Crippen LogP contribution in [0.15, 0.2) is 24.3 Å². The number of aromatic nitrogens is 1. The van der Waals surface area contributed by atoms with E-state index in [-0.39, 0.29) is 0 Å². The van der Waals surface area contributed by atoms with Crippen LogP contribution in [0.1, 0.15) is 40.4 Å². The van der Waals surface area contributed by atoms with Crippen LogP contribution in [0.5, 0.6) is 0 Å². The first kappa shape index (κ1) is 14.5. The van der Waals surface area contributed by atoms with E-state index in [1.807, 2.05) is 0 Å². The van der Waals surface area contributed by atoms with Crippen LogP contribution in [0, 0.1) is 6.92 Å². The lowest BCUT2D eigenvalue weighted by molar-refractivity contribution is 0.578. The summed E-state index contributed by atoms with van der Waals surface area (Å²) in [7, 11) is 0. The van der Waals surface area contributed by atoms with Crippen LogP contribution in [0.25, 0.3) is 0 Å². The fourth-order valence-corrected chi connectivity index (χ4v) is 3.88. The molecule has 0 aliphatic carbocycles. The number of piperidine rings is 1. The molecule has 1 fully saturated rings. The highest BCUT2D eigenvalue weighted by molar-refractivity contribution is 7.11. The van der Waals surface area contributed by atoms with Gasteiger partial charge in [-0.25, -0.2) is 4.98 Å². The standard InChI is InChI=1S/C17H23N3S/c1-13-16(21-17(12-18)19-13)11-14-5-7-15(8-6-14)20-9-3-2-4-10-20/h5-8H,2-4,9-12,18H2,1H3. The molecule has 1 aromatic carbocycles. The third-order valence-corrected chi connectivity index (χ3v) is 5.31. The second kappa shape index (κ2) is 6.58. The molecule has 3 rings (SSSR count). The Balaban J connectivity index is 1.70. The summed E-state index contributed by atoms with van der Waals surface area (Å²) in [6, 6.07) is 9.04. The molecule has 1 aliphatic heterocycles. The summed E-state index contributed by atoms with van der Waals surface area (Å²) < 4.78 is 0. The Bertz CT molecular complexity index is 583.